The summed E-state index contributed by atoms with van der Waals surface area (Å²) < 4.78 is 0.835. The van der Waals surface area contributed by atoms with Crippen molar-refractivity contribution in [1.29, 1.82) is 0 Å². The highest BCUT2D eigenvalue weighted by atomic mass is 127. The van der Waals surface area contributed by atoms with Crippen LogP contribution in [0.1, 0.15) is 32.1 Å². The topological polar surface area (TPSA) is 30.0 Å². The molecule has 138 valence electrons. The lowest BCUT2D eigenvalue weighted by molar-refractivity contribution is -0.133. The molecule has 0 radical (unpaired) electrons. The van der Waals surface area contributed by atoms with E-state index in [4.69, 9.17) is 0 Å². The molecule has 3 aliphatic rings. The molecule has 1 amide bonds. The Kier molecular flexibility index (Phi) is 7.18. The molecule has 5 nitrogen and oxygen atoms in total. The van der Waals surface area contributed by atoms with Gasteiger partial charge in [0.25, 0.3) is 0 Å². The molecular weight excluding hydrogens is 415 g/mol. The first kappa shape index (κ1) is 18.9. The molecule has 0 aromatic heterocycles. The fraction of sp³-hybridized carbons (Fsp3) is 0.944. The Hall–Kier alpha value is 0.0800. The van der Waals surface area contributed by atoms with Crippen molar-refractivity contribution in [2.24, 2.45) is 0 Å². The van der Waals surface area contributed by atoms with E-state index in [-0.39, 0.29) is 0 Å². The molecule has 3 fully saturated rings. The van der Waals surface area contributed by atoms with E-state index in [1.165, 1.54) is 51.9 Å². The Morgan fingerprint density at radius 1 is 0.917 bits per heavy atom. The summed E-state index contributed by atoms with van der Waals surface area (Å²) in [7, 11) is 2.22. The summed E-state index contributed by atoms with van der Waals surface area (Å²) in [6, 6.07) is 0.744. The van der Waals surface area contributed by atoms with Crippen LogP contribution >= 0.6 is 22.6 Å². The molecule has 0 N–H and O–H groups in total. The normalized spacial score (nSPS) is 26.8. The van der Waals surface area contributed by atoms with Crippen molar-refractivity contribution in [3.05, 3.63) is 0 Å². The first-order valence-electron chi connectivity index (χ1n) is 9.68. The Labute approximate surface area is 160 Å². The van der Waals surface area contributed by atoms with E-state index in [1.807, 2.05) is 0 Å². The number of amides is 1. The van der Waals surface area contributed by atoms with Gasteiger partial charge in [0, 0.05) is 49.1 Å². The highest BCUT2D eigenvalue weighted by Gasteiger charge is 2.28. The molecule has 3 rings (SSSR count). The van der Waals surface area contributed by atoms with Gasteiger partial charge >= 0.3 is 0 Å². The zero-order valence-electron chi connectivity index (χ0n) is 15.1. The third-order valence-corrected chi connectivity index (χ3v) is 7.28. The number of carbonyl (C=O) groups is 1. The van der Waals surface area contributed by atoms with Crippen LogP contribution in [0.15, 0.2) is 0 Å². The maximum Gasteiger partial charge on any atom is 0.223 e. The monoisotopic (exact) mass is 448 g/mol. The first-order valence-corrected chi connectivity index (χ1v) is 10.9. The SMILES string of the molecule is CN1CCC(N2CCN(C(=O)CCN3CCC(I)CC3)CC2)CC1. The zero-order valence-corrected chi connectivity index (χ0v) is 17.3. The number of halogens is 1. The summed E-state index contributed by atoms with van der Waals surface area (Å²) >= 11 is 2.56. The van der Waals surface area contributed by atoms with Crippen molar-refractivity contribution >= 4 is 28.5 Å². The molecule has 0 unspecified atom stereocenters. The summed E-state index contributed by atoms with van der Waals surface area (Å²) in [5.41, 5.74) is 0. The highest BCUT2D eigenvalue weighted by Crippen LogP contribution is 2.19. The van der Waals surface area contributed by atoms with Crippen molar-refractivity contribution in [3.63, 3.8) is 0 Å². The third kappa shape index (κ3) is 5.29. The van der Waals surface area contributed by atoms with Crippen LogP contribution in [0.3, 0.4) is 0 Å². The lowest BCUT2D eigenvalue weighted by Gasteiger charge is -2.42. The summed E-state index contributed by atoms with van der Waals surface area (Å²) in [5, 5.41) is 0. The largest absolute Gasteiger partial charge is 0.340 e. The molecule has 6 heteroatoms. The van der Waals surface area contributed by atoms with Gasteiger partial charge < -0.3 is 14.7 Å². The fourth-order valence-electron chi connectivity index (χ4n) is 4.23. The van der Waals surface area contributed by atoms with Crippen molar-refractivity contribution in [3.8, 4) is 0 Å². The molecule has 24 heavy (non-hydrogen) atoms. The van der Waals surface area contributed by atoms with Crippen molar-refractivity contribution in [2.75, 3.05) is 66.0 Å². The predicted molar refractivity (Wildman–Crippen MR) is 107 cm³/mol. The molecule has 0 aliphatic carbocycles. The van der Waals surface area contributed by atoms with E-state index in [1.54, 1.807) is 0 Å². The second kappa shape index (κ2) is 9.14. The van der Waals surface area contributed by atoms with Crippen molar-refractivity contribution < 1.29 is 4.79 Å². The average molecular weight is 448 g/mol. The number of alkyl halides is 1. The predicted octanol–water partition coefficient (Wildman–Crippen LogP) is 1.51. The van der Waals surface area contributed by atoms with Gasteiger partial charge in [-0.05, 0) is 58.9 Å². The second-order valence-corrected chi connectivity index (χ2v) is 9.48. The van der Waals surface area contributed by atoms with Crippen LogP contribution < -0.4 is 0 Å². The van der Waals surface area contributed by atoms with Crippen LogP contribution in [0.25, 0.3) is 0 Å². The van der Waals surface area contributed by atoms with E-state index >= 15 is 0 Å². The molecular formula is C18H33IN4O. The minimum absolute atomic E-state index is 0.370. The average Bonchev–Trinajstić information content (AvgIpc) is 2.62. The first-order chi connectivity index (χ1) is 11.6. The Bertz CT molecular complexity index is 398. The molecule has 3 aliphatic heterocycles. The maximum absolute atomic E-state index is 12.5. The molecule has 0 bridgehead atoms. The van der Waals surface area contributed by atoms with Gasteiger partial charge in [-0.1, -0.05) is 22.6 Å². The molecule has 0 atom stereocenters. The standard InChI is InChI=1S/C18H33IN4O/c1-20-7-4-17(5-8-20)22-12-14-23(15-13-22)18(24)6-11-21-9-2-16(19)3-10-21/h16-17H,2-15H2,1H3. The Morgan fingerprint density at radius 2 is 1.54 bits per heavy atom. The molecule has 0 aromatic rings. The lowest BCUT2D eigenvalue weighted by Crippen LogP contribution is -2.54. The van der Waals surface area contributed by atoms with Gasteiger partial charge in [0.2, 0.25) is 5.91 Å². The van der Waals surface area contributed by atoms with Gasteiger partial charge in [-0.15, -0.1) is 0 Å². The number of carbonyl (C=O) groups excluding carboxylic acids is 1. The fourth-order valence-corrected chi connectivity index (χ4v) is 4.79. The van der Waals surface area contributed by atoms with Gasteiger partial charge in [-0.2, -0.15) is 0 Å². The molecule has 0 spiro atoms. The van der Waals surface area contributed by atoms with E-state index in [0.717, 1.165) is 42.7 Å². The summed E-state index contributed by atoms with van der Waals surface area (Å²) in [6.07, 6.45) is 5.85. The minimum Gasteiger partial charge on any atom is -0.340 e. The van der Waals surface area contributed by atoms with Crippen LogP contribution in [0.5, 0.6) is 0 Å². The van der Waals surface area contributed by atoms with Crippen LogP contribution in [0, 0.1) is 0 Å². The summed E-state index contributed by atoms with van der Waals surface area (Å²) in [5.74, 6) is 0.370. The summed E-state index contributed by atoms with van der Waals surface area (Å²) in [6.45, 7) is 9.74. The number of hydrogen-bond acceptors (Lipinski definition) is 4. The Morgan fingerprint density at radius 3 is 2.17 bits per heavy atom. The van der Waals surface area contributed by atoms with E-state index < -0.39 is 0 Å². The van der Waals surface area contributed by atoms with Gasteiger partial charge in [0.1, 0.15) is 0 Å². The quantitative estimate of drug-likeness (QED) is 0.482. The van der Waals surface area contributed by atoms with E-state index in [9.17, 15) is 4.79 Å². The molecule has 0 aromatic carbocycles. The van der Waals surface area contributed by atoms with Crippen LogP contribution in [0.2, 0.25) is 0 Å². The number of nitrogens with zero attached hydrogens (tertiary/aromatic N) is 4. The number of likely N-dealkylation sites (tertiary alicyclic amines) is 2. The highest BCUT2D eigenvalue weighted by molar-refractivity contribution is 14.1. The Balaban J connectivity index is 1.34. The van der Waals surface area contributed by atoms with Crippen LogP contribution in [0.4, 0.5) is 0 Å². The lowest BCUT2D eigenvalue weighted by atomic mass is 10.0. The van der Waals surface area contributed by atoms with E-state index in [2.05, 4.69) is 49.2 Å². The third-order valence-electron chi connectivity index (χ3n) is 6.03. The van der Waals surface area contributed by atoms with E-state index in [0.29, 0.717) is 12.3 Å². The van der Waals surface area contributed by atoms with Gasteiger partial charge in [0.05, 0.1) is 0 Å². The molecule has 3 saturated heterocycles. The minimum atomic E-state index is 0.370. The van der Waals surface area contributed by atoms with Gasteiger partial charge in [0.15, 0.2) is 0 Å². The summed E-state index contributed by atoms with van der Waals surface area (Å²) in [4.78, 5) is 22.1. The van der Waals surface area contributed by atoms with Gasteiger partial charge in [-0.25, -0.2) is 0 Å². The molecule has 3 heterocycles. The second-order valence-electron chi connectivity index (χ2n) is 7.72. The molecule has 0 saturated carbocycles. The number of hydrogen-bond donors (Lipinski definition) is 0. The number of piperazine rings is 1. The number of piperidine rings is 2. The van der Waals surface area contributed by atoms with Crippen molar-refractivity contribution in [2.45, 2.75) is 42.1 Å². The van der Waals surface area contributed by atoms with Crippen molar-refractivity contribution in [1.82, 2.24) is 19.6 Å². The maximum atomic E-state index is 12.5. The van der Waals surface area contributed by atoms with Crippen LogP contribution in [-0.4, -0.2) is 101 Å². The van der Waals surface area contributed by atoms with Crippen LogP contribution in [-0.2, 0) is 4.79 Å². The smallest absolute Gasteiger partial charge is 0.223 e. The number of rotatable bonds is 4. The van der Waals surface area contributed by atoms with Gasteiger partial charge in [-0.3, -0.25) is 9.69 Å². The zero-order chi connectivity index (χ0) is 16.9.